The highest BCUT2D eigenvalue weighted by Crippen LogP contribution is 2.32. The average Bonchev–Trinajstić information content (AvgIpc) is 3.17. The molecular weight excluding hydrogens is 401 g/mol. The summed E-state index contributed by atoms with van der Waals surface area (Å²) in [7, 11) is 1.60. The minimum absolute atomic E-state index is 0.303. The molecule has 0 atom stereocenters. The topological polar surface area (TPSA) is 54.8 Å². The van der Waals surface area contributed by atoms with Crippen LogP contribution in [0.5, 0.6) is 5.75 Å². The molecule has 0 aliphatic rings. The highest BCUT2D eigenvalue weighted by atomic mass is 32.1. The Kier molecular flexibility index (Phi) is 5.54. The van der Waals surface area contributed by atoms with Crippen LogP contribution in [0.4, 0.5) is 9.52 Å². The number of fused-ring (bicyclic) bond motifs is 1. The largest absolute Gasteiger partial charge is 0.497 e. The number of hydrazone groups is 1. The fourth-order valence-corrected chi connectivity index (χ4v) is 3.82. The van der Waals surface area contributed by atoms with Crippen molar-refractivity contribution in [2.24, 2.45) is 5.10 Å². The number of rotatable bonds is 5. The van der Waals surface area contributed by atoms with Crippen LogP contribution >= 0.6 is 11.3 Å². The van der Waals surface area contributed by atoms with Crippen LogP contribution in [0.2, 0.25) is 0 Å². The molecule has 1 amide bonds. The van der Waals surface area contributed by atoms with Crippen LogP contribution in [0.25, 0.3) is 10.2 Å². The minimum Gasteiger partial charge on any atom is -0.497 e. The van der Waals surface area contributed by atoms with Gasteiger partial charge in [0.1, 0.15) is 11.6 Å². The normalized spacial score (nSPS) is 11.2. The van der Waals surface area contributed by atoms with Crippen molar-refractivity contribution in [2.45, 2.75) is 6.92 Å². The van der Waals surface area contributed by atoms with Gasteiger partial charge in [-0.3, -0.25) is 4.79 Å². The van der Waals surface area contributed by atoms with Crippen LogP contribution in [0.3, 0.4) is 0 Å². The number of aromatic nitrogens is 1. The fourth-order valence-electron chi connectivity index (χ4n) is 2.87. The van der Waals surface area contributed by atoms with Gasteiger partial charge >= 0.3 is 0 Å². The Hall–Kier alpha value is -3.58. The van der Waals surface area contributed by atoms with Gasteiger partial charge in [-0.25, -0.2) is 9.37 Å². The molecule has 4 aromatic rings. The molecule has 7 heteroatoms. The van der Waals surface area contributed by atoms with Crippen molar-refractivity contribution >= 4 is 38.8 Å². The quantitative estimate of drug-likeness (QED) is 0.320. The van der Waals surface area contributed by atoms with E-state index in [4.69, 9.17) is 4.74 Å². The number of anilines is 1. The lowest BCUT2D eigenvalue weighted by atomic mass is 10.1. The molecule has 1 heterocycles. The number of carbonyl (C=O) groups excluding carboxylic acids is 1. The zero-order valence-electron chi connectivity index (χ0n) is 16.4. The maximum absolute atomic E-state index is 13.3. The van der Waals surface area contributed by atoms with Crippen molar-refractivity contribution in [3.8, 4) is 5.75 Å². The first-order valence-corrected chi connectivity index (χ1v) is 10.0. The second-order valence-electron chi connectivity index (χ2n) is 6.61. The van der Waals surface area contributed by atoms with E-state index in [0.717, 1.165) is 15.8 Å². The van der Waals surface area contributed by atoms with E-state index < -0.39 is 0 Å². The summed E-state index contributed by atoms with van der Waals surface area (Å²) in [5.74, 6) is 0.0760. The number of methoxy groups -OCH3 is 1. The summed E-state index contributed by atoms with van der Waals surface area (Å²) < 4.78 is 19.3. The van der Waals surface area contributed by atoms with Gasteiger partial charge in [-0.1, -0.05) is 41.2 Å². The van der Waals surface area contributed by atoms with Crippen molar-refractivity contribution in [1.82, 2.24) is 4.98 Å². The van der Waals surface area contributed by atoms with Gasteiger partial charge in [0.05, 0.1) is 23.5 Å². The second kappa shape index (κ2) is 8.42. The number of aryl methyl sites for hydroxylation is 1. The number of hydrogen-bond donors (Lipinski definition) is 0. The molecule has 5 nitrogen and oxygen atoms in total. The Morgan fingerprint density at radius 3 is 2.67 bits per heavy atom. The minimum atomic E-state index is -0.333. The summed E-state index contributed by atoms with van der Waals surface area (Å²) in [5, 5.41) is 6.10. The Bertz CT molecular complexity index is 1230. The molecule has 0 fully saturated rings. The Labute approximate surface area is 177 Å². The molecule has 0 saturated heterocycles. The molecule has 1 aromatic heterocycles. The highest BCUT2D eigenvalue weighted by Gasteiger charge is 2.21. The van der Waals surface area contributed by atoms with Crippen LogP contribution < -0.4 is 9.75 Å². The van der Waals surface area contributed by atoms with Crippen LogP contribution in [0.15, 0.2) is 71.8 Å². The second-order valence-corrected chi connectivity index (χ2v) is 7.62. The molecule has 0 N–H and O–H groups in total. The number of nitrogens with zero attached hydrogens (tertiary/aromatic N) is 3. The van der Waals surface area contributed by atoms with Crippen molar-refractivity contribution in [2.75, 3.05) is 12.1 Å². The van der Waals surface area contributed by atoms with Gasteiger partial charge in [0.25, 0.3) is 5.91 Å². The van der Waals surface area contributed by atoms with Crippen LogP contribution in [-0.2, 0) is 0 Å². The van der Waals surface area contributed by atoms with Crippen LogP contribution in [0.1, 0.15) is 21.5 Å². The zero-order chi connectivity index (χ0) is 21.1. The number of ether oxygens (including phenoxy) is 1. The maximum atomic E-state index is 13.3. The third kappa shape index (κ3) is 4.21. The maximum Gasteiger partial charge on any atom is 0.280 e. The summed E-state index contributed by atoms with van der Waals surface area (Å²) in [6.45, 7) is 1.92. The molecule has 0 saturated carbocycles. The number of hydrogen-bond acceptors (Lipinski definition) is 5. The molecule has 0 spiro atoms. The molecule has 0 unspecified atom stereocenters. The zero-order valence-corrected chi connectivity index (χ0v) is 17.2. The average molecular weight is 419 g/mol. The number of carbonyl (C=O) groups is 1. The lowest BCUT2D eigenvalue weighted by Gasteiger charge is -2.14. The van der Waals surface area contributed by atoms with E-state index in [2.05, 4.69) is 10.1 Å². The van der Waals surface area contributed by atoms with Gasteiger partial charge in [0.2, 0.25) is 5.13 Å². The molecule has 0 aliphatic carbocycles. The Balaban J connectivity index is 1.76. The van der Waals surface area contributed by atoms with E-state index in [9.17, 15) is 9.18 Å². The predicted octanol–water partition coefficient (Wildman–Crippen LogP) is 5.43. The van der Waals surface area contributed by atoms with Gasteiger partial charge in [0, 0.05) is 5.56 Å². The molecule has 0 bridgehead atoms. The van der Waals surface area contributed by atoms with Gasteiger partial charge in [-0.15, -0.1) is 0 Å². The molecule has 3 aromatic carbocycles. The molecule has 150 valence electrons. The fraction of sp³-hybridized carbons (Fsp3) is 0.0870. The molecule has 4 rings (SSSR count). The smallest absolute Gasteiger partial charge is 0.280 e. The number of thiazole rings is 1. The first-order valence-electron chi connectivity index (χ1n) is 9.19. The Morgan fingerprint density at radius 1 is 1.13 bits per heavy atom. The van der Waals surface area contributed by atoms with Crippen molar-refractivity contribution in [3.63, 3.8) is 0 Å². The lowest BCUT2D eigenvalue weighted by molar-refractivity contribution is 0.0987. The standard InChI is InChI=1S/C23H18FN3O2S/c1-15-4-3-5-17(12-15)22(28)27(25-14-16-6-8-18(24)9-7-16)23-26-20-11-10-19(29-2)13-21(20)30-23/h3-14H,1-2H3/b25-14+. The number of halogens is 1. The monoisotopic (exact) mass is 419 g/mol. The van der Waals surface area contributed by atoms with Crippen LogP contribution in [-0.4, -0.2) is 24.2 Å². The van der Waals surface area contributed by atoms with E-state index in [0.29, 0.717) is 22.0 Å². The van der Waals surface area contributed by atoms with Gasteiger partial charge < -0.3 is 4.74 Å². The van der Waals surface area contributed by atoms with Gasteiger partial charge in [0.15, 0.2) is 0 Å². The summed E-state index contributed by atoms with van der Waals surface area (Å²) in [4.78, 5) is 17.8. The summed E-state index contributed by atoms with van der Waals surface area (Å²) in [6.07, 6.45) is 1.51. The van der Waals surface area contributed by atoms with E-state index >= 15 is 0 Å². The number of amides is 1. The molecule has 30 heavy (non-hydrogen) atoms. The first-order chi connectivity index (χ1) is 14.5. The summed E-state index contributed by atoms with van der Waals surface area (Å²) in [5.41, 5.74) is 2.89. The van der Waals surface area contributed by atoms with E-state index in [-0.39, 0.29) is 11.7 Å². The van der Waals surface area contributed by atoms with E-state index in [1.807, 2.05) is 37.3 Å². The van der Waals surface area contributed by atoms with E-state index in [1.165, 1.54) is 34.7 Å². The summed E-state index contributed by atoms with van der Waals surface area (Å²) >= 11 is 1.34. The third-order valence-electron chi connectivity index (χ3n) is 4.42. The predicted molar refractivity (Wildman–Crippen MR) is 118 cm³/mol. The van der Waals surface area contributed by atoms with E-state index in [1.54, 1.807) is 31.4 Å². The Morgan fingerprint density at radius 2 is 1.93 bits per heavy atom. The summed E-state index contributed by atoms with van der Waals surface area (Å²) in [6, 6.07) is 18.7. The van der Waals surface area contributed by atoms with Crippen molar-refractivity contribution in [3.05, 3.63) is 89.2 Å². The van der Waals surface area contributed by atoms with Crippen molar-refractivity contribution in [1.29, 1.82) is 0 Å². The van der Waals surface area contributed by atoms with Gasteiger partial charge in [-0.2, -0.15) is 10.1 Å². The molecular formula is C23H18FN3O2S. The third-order valence-corrected chi connectivity index (χ3v) is 5.41. The van der Waals surface area contributed by atoms with Crippen molar-refractivity contribution < 1.29 is 13.9 Å². The first kappa shape index (κ1) is 19.7. The highest BCUT2D eigenvalue weighted by molar-refractivity contribution is 7.22. The molecule has 0 radical (unpaired) electrons. The SMILES string of the molecule is COc1ccc2nc(N(/N=C/c3ccc(F)cc3)C(=O)c3cccc(C)c3)sc2c1. The lowest BCUT2D eigenvalue weighted by Crippen LogP contribution is -2.25. The van der Waals surface area contributed by atoms with Crippen LogP contribution in [0, 0.1) is 12.7 Å². The van der Waals surface area contributed by atoms with Gasteiger partial charge in [-0.05, 0) is 55.0 Å². The molecule has 0 aliphatic heterocycles. The number of benzene rings is 3.